The van der Waals surface area contributed by atoms with Gasteiger partial charge >= 0.3 is 12.1 Å². The lowest BCUT2D eigenvalue weighted by Gasteiger charge is -2.19. The van der Waals surface area contributed by atoms with Crippen molar-refractivity contribution in [1.29, 1.82) is 0 Å². The van der Waals surface area contributed by atoms with Crippen molar-refractivity contribution in [1.82, 2.24) is 4.90 Å². The first-order chi connectivity index (χ1) is 9.71. The number of nitrogen functional groups attached to an aromatic ring is 1. The van der Waals surface area contributed by atoms with Crippen LogP contribution < -0.4 is 5.73 Å². The Labute approximate surface area is 118 Å². The van der Waals surface area contributed by atoms with E-state index < -0.39 is 34.9 Å². The van der Waals surface area contributed by atoms with Crippen LogP contribution in [0.5, 0.6) is 0 Å². The van der Waals surface area contributed by atoms with Crippen molar-refractivity contribution in [3.8, 4) is 0 Å². The number of anilines is 1. The Hall–Kier alpha value is -2.25. The van der Waals surface area contributed by atoms with Gasteiger partial charge in [0.25, 0.3) is 5.91 Å². The number of nitrogens with zero attached hydrogens (tertiary/aromatic N) is 1. The molecule has 0 bridgehead atoms. The van der Waals surface area contributed by atoms with Gasteiger partial charge in [0, 0.05) is 18.8 Å². The van der Waals surface area contributed by atoms with Gasteiger partial charge in [-0.2, -0.15) is 13.2 Å². The summed E-state index contributed by atoms with van der Waals surface area (Å²) in [6, 6.07) is 1.04. The molecule has 1 aliphatic heterocycles. The van der Waals surface area contributed by atoms with E-state index in [4.69, 9.17) is 10.8 Å². The third-order valence-corrected chi connectivity index (χ3v) is 3.33. The molecule has 21 heavy (non-hydrogen) atoms. The van der Waals surface area contributed by atoms with Crippen LogP contribution in [0.15, 0.2) is 12.1 Å². The Kier molecular flexibility index (Phi) is 3.80. The minimum absolute atomic E-state index is 0.377. The molecule has 1 aromatic rings. The van der Waals surface area contributed by atoms with Gasteiger partial charge in [-0.1, -0.05) is 0 Å². The van der Waals surface area contributed by atoms with E-state index in [0.717, 1.165) is 12.8 Å². The summed E-state index contributed by atoms with van der Waals surface area (Å²) in [4.78, 5) is 24.8. The highest BCUT2D eigenvalue weighted by molar-refractivity contribution is 6.08. The fraction of sp³-hybridized carbons (Fsp3) is 0.385. The van der Waals surface area contributed by atoms with E-state index in [-0.39, 0.29) is 5.56 Å². The summed E-state index contributed by atoms with van der Waals surface area (Å²) >= 11 is 0. The van der Waals surface area contributed by atoms with Crippen LogP contribution in [0.1, 0.15) is 39.1 Å². The summed E-state index contributed by atoms with van der Waals surface area (Å²) in [6.07, 6.45) is -3.18. The third kappa shape index (κ3) is 2.93. The Morgan fingerprint density at radius 3 is 2.24 bits per heavy atom. The van der Waals surface area contributed by atoms with E-state index in [0.29, 0.717) is 25.2 Å². The standard InChI is InChI=1S/C13H13F3N2O3/c14-13(15,16)7-5-8(12(20)21)10(9(17)6-7)11(19)18-3-1-2-4-18/h5-6H,1-4,17H2,(H,20,21). The molecule has 2 rings (SSSR count). The molecule has 5 nitrogen and oxygen atoms in total. The molecule has 1 heterocycles. The van der Waals surface area contributed by atoms with Gasteiger partial charge in [0.05, 0.1) is 16.7 Å². The highest BCUT2D eigenvalue weighted by atomic mass is 19.4. The number of carbonyl (C=O) groups is 2. The maximum Gasteiger partial charge on any atom is 0.416 e. The lowest BCUT2D eigenvalue weighted by Crippen LogP contribution is -2.30. The minimum Gasteiger partial charge on any atom is -0.478 e. The molecule has 0 spiro atoms. The minimum atomic E-state index is -4.73. The predicted octanol–water partition coefficient (Wildman–Crippen LogP) is 2.22. The number of rotatable bonds is 2. The highest BCUT2D eigenvalue weighted by Gasteiger charge is 2.35. The predicted molar refractivity (Wildman–Crippen MR) is 68.0 cm³/mol. The van der Waals surface area contributed by atoms with Gasteiger partial charge in [-0.3, -0.25) is 4.79 Å². The fourth-order valence-corrected chi connectivity index (χ4v) is 2.31. The number of carboxylic acids is 1. The van der Waals surface area contributed by atoms with Crippen molar-refractivity contribution in [3.05, 3.63) is 28.8 Å². The molecule has 0 aromatic heterocycles. The van der Waals surface area contributed by atoms with Crippen molar-refractivity contribution in [2.24, 2.45) is 0 Å². The number of hydrogen-bond donors (Lipinski definition) is 2. The second kappa shape index (κ2) is 5.27. The molecular weight excluding hydrogens is 289 g/mol. The number of alkyl halides is 3. The molecule has 1 amide bonds. The van der Waals surface area contributed by atoms with Crippen LogP contribution in [0.4, 0.5) is 18.9 Å². The quantitative estimate of drug-likeness (QED) is 0.821. The Bertz CT molecular complexity index is 593. The Morgan fingerprint density at radius 2 is 1.76 bits per heavy atom. The largest absolute Gasteiger partial charge is 0.478 e. The summed E-state index contributed by atoms with van der Waals surface area (Å²) in [5.74, 6) is -2.26. The number of likely N-dealkylation sites (tertiary alicyclic amines) is 1. The molecule has 1 fully saturated rings. The molecule has 1 aromatic carbocycles. The normalized spacial score (nSPS) is 15.3. The monoisotopic (exact) mass is 302 g/mol. The van der Waals surface area contributed by atoms with Crippen LogP contribution in [0.3, 0.4) is 0 Å². The molecular formula is C13H13F3N2O3. The van der Waals surface area contributed by atoms with Crippen molar-refractivity contribution in [2.75, 3.05) is 18.8 Å². The zero-order valence-corrected chi connectivity index (χ0v) is 10.9. The van der Waals surface area contributed by atoms with Crippen LogP contribution in [0, 0.1) is 0 Å². The topological polar surface area (TPSA) is 83.6 Å². The second-order valence-electron chi connectivity index (χ2n) is 4.79. The lowest BCUT2D eigenvalue weighted by atomic mass is 10.00. The van der Waals surface area contributed by atoms with E-state index in [9.17, 15) is 22.8 Å². The first-order valence-corrected chi connectivity index (χ1v) is 6.25. The molecule has 114 valence electrons. The van der Waals surface area contributed by atoms with Crippen LogP contribution in [-0.2, 0) is 6.18 Å². The summed E-state index contributed by atoms with van der Waals surface area (Å²) < 4.78 is 38.1. The summed E-state index contributed by atoms with van der Waals surface area (Å²) in [5.41, 5.74) is 2.76. The number of hydrogen-bond acceptors (Lipinski definition) is 3. The van der Waals surface area contributed by atoms with Crippen molar-refractivity contribution in [2.45, 2.75) is 19.0 Å². The van der Waals surface area contributed by atoms with E-state index in [2.05, 4.69) is 0 Å². The van der Waals surface area contributed by atoms with Gasteiger partial charge in [0.15, 0.2) is 0 Å². The first-order valence-electron chi connectivity index (χ1n) is 6.25. The second-order valence-corrected chi connectivity index (χ2v) is 4.79. The molecule has 0 aliphatic carbocycles. The van der Waals surface area contributed by atoms with E-state index >= 15 is 0 Å². The fourth-order valence-electron chi connectivity index (χ4n) is 2.31. The van der Waals surface area contributed by atoms with Gasteiger partial charge in [-0.25, -0.2) is 4.79 Å². The number of carbonyl (C=O) groups excluding carboxylic acids is 1. The number of halogens is 3. The smallest absolute Gasteiger partial charge is 0.416 e. The van der Waals surface area contributed by atoms with E-state index in [1.54, 1.807) is 0 Å². The number of carboxylic acid groups (broad SMARTS) is 1. The molecule has 8 heteroatoms. The third-order valence-electron chi connectivity index (χ3n) is 3.33. The molecule has 1 aliphatic rings. The Balaban J connectivity index is 2.54. The highest BCUT2D eigenvalue weighted by Crippen LogP contribution is 2.34. The molecule has 0 saturated carbocycles. The van der Waals surface area contributed by atoms with Gasteiger partial charge < -0.3 is 15.7 Å². The van der Waals surface area contributed by atoms with Gasteiger partial charge in [0.2, 0.25) is 0 Å². The van der Waals surface area contributed by atoms with Crippen molar-refractivity contribution >= 4 is 17.6 Å². The molecule has 1 saturated heterocycles. The molecule has 3 N–H and O–H groups in total. The van der Waals surface area contributed by atoms with Crippen LogP contribution in [-0.4, -0.2) is 35.0 Å². The van der Waals surface area contributed by atoms with Crippen LogP contribution in [0.2, 0.25) is 0 Å². The summed E-state index contributed by atoms with van der Waals surface area (Å²) in [7, 11) is 0. The zero-order chi connectivity index (χ0) is 15.8. The lowest BCUT2D eigenvalue weighted by molar-refractivity contribution is -0.137. The number of benzene rings is 1. The zero-order valence-electron chi connectivity index (χ0n) is 10.9. The number of aromatic carboxylic acids is 1. The molecule has 0 radical (unpaired) electrons. The van der Waals surface area contributed by atoms with Gasteiger partial charge in [0.1, 0.15) is 0 Å². The molecule has 0 unspecified atom stereocenters. The summed E-state index contributed by atoms with van der Waals surface area (Å²) in [5, 5.41) is 9.08. The van der Waals surface area contributed by atoms with Crippen molar-refractivity contribution < 1.29 is 27.9 Å². The van der Waals surface area contributed by atoms with E-state index in [1.807, 2.05) is 0 Å². The number of nitrogens with two attached hydrogens (primary N) is 1. The average Bonchev–Trinajstić information content (AvgIpc) is 2.89. The van der Waals surface area contributed by atoms with Crippen LogP contribution >= 0.6 is 0 Å². The Morgan fingerprint density at radius 1 is 1.19 bits per heavy atom. The maximum absolute atomic E-state index is 12.7. The van der Waals surface area contributed by atoms with E-state index in [1.165, 1.54) is 4.90 Å². The average molecular weight is 302 g/mol. The van der Waals surface area contributed by atoms with Gasteiger partial charge in [-0.05, 0) is 25.0 Å². The maximum atomic E-state index is 12.7. The van der Waals surface area contributed by atoms with Crippen molar-refractivity contribution in [3.63, 3.8) is 0 Å². The SMILES string of the molecule is Nc1cc(C(F)(F)F)cc(C(=O)O)c1C(=O)N1CCCC1. The first kappa shape index (κ1) is 15.1. The molecule has 0 atom stereocenters. The van der Waals surface area contributed by atoms with Gasteiger partial charge in [-0.15, -0.1) is 0 Å². The van der Waals surface area contributed by atoms with Crippen LogP contribution in [0.25, 0.3) is 0 Å². The summed E-state index contributed by atoms with van der Waals surface area (Å²) in [6.45, 7) is 0.886. The number of amides is 1.